The Balaban J connectivity index is 1.01. The summed E-state index contributed by atoms with van der Waals surface area (Å²) in [6.45, 7) is 4.06. The lowest BCUT2D eigenvalue weighted by atomic mass is 9.70. The van der Waals surface area contributed by atoms with Gasteiger partial charge in [-0.05, 0) is 149 Å². The van der Waals surface area contributed by atoms with Crippen LogP contribution in [0.2, 0.25) is 0 Å². The van der Waals surface area contributed by atoms with Crippen molar-refractivity contribution < 1.29 is 0 Å². The first-order chi connectivity index (χ1) is 31.7. The van der Waals surface area contributed by atoms with E-state index in [2.05, 4.69) is 254 Å². The zero-order valence-corrected chi connectivity index (χ0v) is 35.3. The summed E-state index contributed by atoms with van der Waals surface area (Å²) in [5.41, 5.74) is 24.0. The molecule has 1 nitrogen and oxygen atoms in total. The monoisotopic (exact) mass is 813 g/mol. The molecule has 0 radical (unpaired) electrons. The number of hydrogen-bond acceptors (Lipinski definition) is 1. The maximum atomic E-state index is 4.06. The van der Waals surface area contributed by atoms with Gasteiger partial charge in [0.15, 0.2) is 0 Å². The molecule has 0 saturated carbocycles. The molecule has 10 aromatic rings. The largest absolute Gasteiger partial charge is 0.310 e. The van der Waals surface area contributed by atoms with Gasteiger partial charge in [-0.25, -0.2) is 0 Å². The van der Waals surface area contributed by atoms with Crippen LogP contribution in [0.3, 0.4) is 0 Å². The van der Waals surface area contributed by atoms with E-state index in [-0.39, 0.29) is 0 Å². The quantitative estimate of drug-likeness (QED) is 0.148. The van der Waals surface area contributed by atoms with Gasteiger partial charge in [0.25, 0.3) is 0 Å². The Labute approximate surface area is 375 Å². The van der Waals surface area contributed by atoms with E-state index in [1.807, 2.05) is 6.08 Å². The summed E-state index contributed by atoms with van der Waals surface area (Å²) in [5, 5.41) is 0. The highest BCUT2D eigenvalue weighted by Crippen LogP contribution is 2.63. The molecule has 0 aromatic heterocycles. The van der Waals surface area contributed by atoms with Crippen LogP contribution in [0.1, 0.15) is 27.8 Å². The Morgan fingerprint density at radius 1 is 0.281 bits per heavy atom. The predicted octanol–water partition coefficient (Wildman–Crippen LogP) is 16.8. The molecule has 0 N–H and O–H groups in total. The predicted molar refractivity (Wildman–Crippen MR) is 269 cm³/mol. The SMILES string of the molecule is C=Cc1cccc(-c2ccc3c(c2)C2(c4ccccc4-3)c3ccccc3-c3ccc(-c4cccc(N(c5ccc(-c6ccccc6)cc5)c5ccc(-c6ccccc6)cc5)c4)cc32)c1. The lowest BCUT2D eigenvalue weighted by molar-refractivity contribution is 0.794. The third-order valence-corrected chi connectivity index (χ3v) is 13.4. The minimum atomic E-state index is -0.482. The van der Waals surface area contributed by atoms with Crippen LogP contribution in [-0.4, -0.2) is 0 Å². The van der Waals surface area contributed by atoms with Gasteiger partial charge in [-0.2, -0.15) is 0 Å². The van der Waals surface area contributed by atoms with Crippen molar-refractivity contribution in [2.45, 2.75) is 5.41 Å². The zero-order chi connectivity index (χ0) is 42.6. The average Bonchev–Trinajstić information content (AvgIpc) is 3.84. The van der Waals surface area contributed by atoms with Crippen LogP contribution in [-0.2, 0) is 5.41 Å². The van der Waals surface area contributed by atoms with Gasteiger partial charge in [0.1, 0.15) is 0 Å². The van der Waals surface area contributed by atoms with Gasteiger partial charge < -0.3 is 4.90 Å². The molecule has 0 saturated heterocycles. The lowest BCUT2D eigenvalue weighted by Gasteiger charge is -2.31. The summed E-state index contributed by atoms with van der Waals surface area (Å²) in [6.07, 6.45) is 1.93. The van der Waals surface area contributed by atoms with Gasteiger partial charge in [0.2, 0.25) is 0 Å². The minimum Gasteiger partial charge on any atom is -0.310 e. The molecule has 12 rings (SSSR count). The van der Waals surface area contributed by atoms with Crippen molar-refractivity contribution in [2.75, 3.05) is 4.90 Å². The summed E-state index contributed by atoms with van der Waals surface area (Å²) in [6, 6.07) is 89.2. The second kappa shape index (κ2) is 15.3. The first kappa shape index (κ1) is 37.5. The third-order valence-electron chi connectivity index (χ3n) is 13.4. The van der Waals surface area contributed by atoms with Crippen LogP contribution < -0.4 is 4.90 Å². The van der Waals surface area contributed by atoms with Crippen LogP contribution in [0.25, 0.3) is 72.8 Å². The first-order valence-electron chi connectivity index (χ1n) is 22.1. The van der Waals surface area contributed by atoms with Crippen molar-refractivity contribution in [2.24, 2.45) is 0 Å². The molecule has 10 aromatic carbocycles. The molecular weight excluding hydrogens is 771 g/mol. The number of fused-ring (bicyclic) bond motifs is 10. The minimum absolute atomic E-state index is 0.482. The van der Waals surface area contributed by atoms with Gasteiger partial charge in [-0.1, -0.05) is 201 Å². The van der Waals surface area contributed by atoms with Crippen molar-refractivity contribution in [1.82, 2.24) is 0 Å². The fraction of sp³-hybridized carbons (Fsp3) is 0.0159. The number of rotatable bonds is 8. The van der Waals surface area contributed by atoms with Gasteiger partial charge in [-0.15, -0.1) is 0 Å². The smallest absolute Gasteiger partial charge is 0.0725 e. The second-order valence-electron chi connectivity index (χ2n) is 16.9. The molecule has 64 heavy (non-hydrogen) atoms. The summed E-state index contributed by atoms with van der Waals surface area (Å²) in [5.74, 6) is 0. The van der Waals surface area contributed by atoms with E-state index in [4.69, 9.17) is 0 Å². The molecule has 2 aliphatic carbocycles. The van der Waals surface area contributed by atoms with Crippen LogP contribution >= 0.6 is 0 Å². The topological polar surface area (TPSA) is 3.24 Å². The zero-order valence-electron chi connectivity index (χ0n) is 35.3. The molecule has 0 bridgehead atoms. The van der Waals surface area contributed by atoms with Crippen molar-refractivity contribution >= 4 is 23.1 Å². The fourth-order valence-electron chi connectivity index (χ4n) is 10.5. The van der Waals surface area contributed by atoms with E-state index in [0.29, 0.717) is 0 Å². The van der Waals surface area contributed by atoms with E-state index >= 15 is 0 Å². The molecule has 1 spiro atoms. The molecule has 1 unspecified atom stereocenters. The summed E-state index contributed by atoms with van der Waals surface area (Å²) >= 11 is 0. The molecule has 0 heterocycles. The summed E-state index contributed by atoms with van der Waals surface area (Å²) < 4.78 is 0. The van der Waals surface area contributed by atoms with E-state index in [1.165, 1.54) is 89.0 Å². The van der Waals surface area contributed by atoms with E-state index in [1.54, 1.807) is 0 Å². The van der Waals surface area contributed by atoms with Crippen LogP contribution in [0.5, 0.6) is 0 Å². The van der Waals surface area contributed by atoms with E-state index in [0.717, 1.165) is 22.6 Å². The molecule has 1 atom stereocenters. The van der Waals surface area contributed by atoms with Crippen molar-refractivity contribution in [3.05, 3.63) is 277 Å². The van der Waals surface area contributed by atoms with Crippen LogP contribution in [0.15, 0.2) is 249 Å². The summed E-state index contributed by atoms with van der Waals surface area (Å²) in [4.78, 5) is 2.38. The standard InChI is InChI=1S/C63H43N/c1-2-43-15-13-20-48(39-43)50-31-37-57-55-23-9-11-25-59(55)63(61(57)41-50)60-26-12-10-24-56(60)58-38-32-51(42-62(58)63)49-21-14-22-54(40-49)64(52-33-27-46(28-34-52)44-16-5-3-6-17-44)53-35-29-47(30-36-53)45-18-7-4-8-19-45/h2-42H,1H2. The van der Waals surface area contributed by atoms with Gasteiger partial charge in [-0.3, -0.25) is 0 Å². The van der Waals surface area contributed by atoms with Gasteiger partial charge in [0, 0.05) is 17.1 Å². The summed E-state index contributed by atoms with van der Waals surface area (Å²) in [7, 11) is 0. The normalized spacial score (nSPS) is 14.1. The maximum Gasteiger partial charge on any atom is 0.0725 e. The third kappa shape index (κ3) is 6.01. The molecule has 300 valence electrons. The maximum absolute atomic E-state index is 4.06. The number of hydrogen-bond donors (Lipinski definition) is 0. The van der Waals surface area contributed by atoms with Gasteiger partial charge in [0.05, 0.1) is 5.41 Å². The number of benzene rings is 10. The molecule has 1 heteroatoms. The number of nitrogens with zero attached hydrogens (tertiary/aromatic N) is 1. The fourth-order valence-corrected chi connectivity index (χ4v) is 10.5. The first-order valence-corrected chi connectivity index (χ1v) is 22.1. The molecule has 0 fully saturated rings. The van der Waals surface area contributed by atoms with Gasteiger partial charge >= 0.3 is 0 Å². The Kier molecular flexibility index (Phi) is 8.95. The molecular formula is C63H43N. The Hall–Kier alpha value is -8.26. The lowest BCUT2D eigenvalue weighted by Crippen LogP contribution is -2.26. The van der Waals surface area contributed by atoms with Crippen molar-refractivity contribution in [3.63, 3.8) is 0 Å². The highest BCUT2D eigenvalue weighted by Gasteiger charge is 2.51. The Morgan fingerprint density at radius 2 is 0.672 bits per heavy atom. The number of anilines is 3. The van der Waals surface area contributed by atoms with Crippen molar-refractivity contribution in [3.8, 4) is 66.8 Å². The molecule has 2 aliphatic rings. The van der Waals surface area contributed by atoms with Crippen LogP contribution in [0, 0.1) is 0 Å². The average molecular weight is 814 g/mol. The Morgan fingerprint density at radius 3 is 1.19 bits per heavy atom. The molecule has 0 aliphatic heterocycles. The van der Waals surface area contributed by atoms with E-state index < -0.39 is 5.41 Å². The highest BCUT2D eigenvalue weighted by molar-refractivity contribution is 5.97. The van der Waals surface area contributed by atoms with E-state index in [9.17, 15) is 0 Å². The molecule has 0 amide bonds. The van der Waals surface area contributed by atoms with Crippen LogP contribution in [0.4, 0.5) is 17.1 Å². The second-order valence-corrected chi connectivity index (χ2v) is 16.9. The van der Waals surface area contributed by atoms with Crippen molar-refractivity contribution in [1.29, 1.82) is 0 Å². The Bertz CT molecular complexity index is 3280. The highest BCUT2D eigenvalue weighted by atomic mass is 15.1.